The van der Waals surface area contributed by atoms with Gasteiger partial charge in [-0.2, -0.15) is 10.2 Å². The van der Waals surface area contributed by atoms with E-state index >= 15 is 0 Å². The minimum atomic E-state index is 0.0978. The predicted octanol–water partition coefficient (Wildman–Crippen LogP) is 0.749. The summed E-state index contributed by atoms with van der Waals surface area (Å²) in [5.41, 5.74) is 9.95. The van der Waals surface area contributed by atoms with E-state index in [9.17, 15) is 0 Å². The Morgan fingerprint density at radius 3 is 2.10 bits per heavy atom. The van der Waals surface area contributed by atoms with Crippen molar-refractivity contribution in [1.82, 2.24) is 15.4 Å². The van der Waals surface area contributed by atoms with Crippen LogP contribution < -0.4 is 11.2 Å². The number of hydrogen-bond donors (Lipinski definition) is 2. The molecule has 0 aliphatic heterocycles. The lowest BCUT2D eigenvalue weighted by Gasteiger charge is -1.95. The summed E-state index contributed by atoms with van der Waals surface area (Å²) >= 11 is 0. The number of guanidine groups is 1. The van der Waals surface area contributed by atoms with Gasteiger partial charge in [0.15, 0.2) is 0 Å². The summed E-state index contributed by atoms with van der Waals surface area (Å²) in [6.45, 7) is 0. The summed E-state index contributed by atoms with van der Waals surface area (Å²) in [5, 5.41) is 11.5. The topological polar surface area (TPSA) is 101 Å². The molecule has 2 rings (SSSR count). The third-order valence-corrected chi connectivity index (χ3v) is 2.18. The molecule has 0 unspecified atom stereocenters. The van der Waals surface area contributed by atoms with Gasteiger partial charge in [0, 0.05) is 24.8 Å². The fraction of sp³-hybridized carbons (Fsp3) is 0. The van der Waals surface area contributed by atoms with Crippen LogP contribution in [0.3, 0.4) is 0 Å². The van der Waals surface area contributed by atoms with Crippen LogP contribution in [0.4, 0.5) is 0 Å². The zero-order valence-electron chi connectivity index (χ0n) is 10.6. The maximum atomic E-state index is 5.59. The number of aromatic nitrogens is 2. The Morgan fingerprint density at radius 1 is 0.950 bits per heavy atom. The van der Waals surface area contributed by atoms with Crippen LogP contribution in [0.2, 0.25) is 0 Å². The maximum Gasteiger partial charge on any atom is 0.234 e. The van der Waals surface area contributed by atoms with E-state index in [1.54, 1.807) is 37.2 Å². The summed E-state index contributed by atoms with van der Waals surface area (Å²) in [6.07, 6.45) is 9.88. The van der Waals surface area contributed by atoms with Crippen molar-refractivity contribution in [2.24, 2.45) is 21.0 Å². The molecule has 0 spiro atoms. The molecule has 7 nitrogen and oxygen atoms in total. The molecule has 0 radical (unpaired) electrons. The molecule has 0 atom stereocenters. The minimum absolute atomic E-state index is 0.0978. The SMILES string of the molecule is N/C(=N\N=C\c1ccncc1)N/N=C/c1ccncc1. The lowest BCUT2D eigenvalue weighted by Crippen LogP contribution is -2.26. The second-order valence-corrected chi connectivity index (χ2v) is 3.66. The number of hydrogen-bond acceptors (Lipinski definition) is 5. The summed E-state index contributed by atoms with van der Waals surface area (Å²) in [4.78, 5) is 7.80. The van der Waals surface area contributed by atoms with Crippen LogP contribution in [-0.4, -0.2) is 28.4 Å². The average molecular weight is 267 g/mol. The Labute approximate surface area is 116 Å². The Hall–Kier alpha value is -3.09. The van der Waals surface area contributed by atoms with Crippen LogP contribution in [-0.2, 0) is 0 Å². The summed E-state index contributed by atoms with van der Waals surface area (Å²) in [7, 11) is 0. The molecule has 0 aliphatic carbocycles. The fourth-order valence-electron chi connectivity index (χ4n) is 1.25. The second kappa shape index (κ2) is 7.37. The Kier molecular flexibility index (Phi) is 4.92. The van der Waals surface area contributed by atoms with Gasteiger partial charge in [-0.25, -0.2) is 5.43 Å². The third-order valence-electron chi connectivity index (χ3n) is 2.18. The highest BCUT2D eigenvalue weighted by molar-refractivity contribution is 5.84. The summed E-state index contributed by atoms with van der Waals surface area (Å²) < 4.78 is 0. The standard InChI is InChI=1S/C13H13N7/c14-13(19-17-9-11-1-5-15-6-2-11)20-18-10-12-3-7-16-8-4-12/h1-10H,(H3,14,19,20)/b17-9+,18-10+. The molecule has 3 N–H and O–H groups in total. The van der Waals surface area contributed by atoms with Gasteiger partial charge in [0.25, 0.3) is 0 Å². The van der Waals surface area contributed by atoms with Gasteiger partial charge in [-0.3, -0.25) is 9.97 Å². The molecular formula is C13H13N7. The molecule has 20 heavy (non-hydrogen) atoms. The smallest absolute Gasteiger partial charge is 0.234 e. The van der Waals surface area contributed by atoms with Crippen LogP contribution in [0.15, 0.2) is 64.4 Å². The van der Waals surface area contributed by atoms with E-state index in [0.717, 1.165) is 11.1 Å². The van der Waals surface area contributed by atoms with Gasteiger partial charge >= 0.3 is 0 Å². The Bertz CT molecular complexity index is 605. The number of nitrogens with two attached hydrogens (primary N) is 1. The van der Waals surface area contributed by atoms with E-state index in [-0.39, 0.29) is 5.96 Å². The maximum absolute atomic E-state index is 5.59. The molecule has 0 aromatic carbocycles. The molecule has 0 saturated heterocycles. The number of nitrogens with zero attached hydrogens (tertiary/aromatic N) is 5. The first-order valence-electron chi connectivity index (χ1n) is 5.80. The van der Waals surface area contributed by atoms with Crippen molar-refractivity contribution in [3.63, 3.8) is 0 Å². The lowest BCUT2D eigenvalue weighted by molar-refractivity contribution is 0.994. The molecule has 0 aliphatic rings. The molecule has 100 valence electrons. The second-order valence-electron chi connectivity index (χ2n) is 3.66. The van der Waals surface area contributed by atoms with E-state index in [1.165, 1.54) is 0 Å². The van der Waals surface area contributed by atoms with Crippen molar-refractivity contribution in [3.05, 3.63) is 60.2 Å². The van der Waals surface area contributed by atoms with E-state index < -0.39 is 0 Å². The lowest BCUT2D eigenvalue weighted by atomic mass is 10.3. The van der Waals surface area contributed by atoms with Crippen LogP contribution in [0.25, 0.3) is 0 Å². The van der Waals surface area contributed by atoms with E-state index in [4.69, 9.17) is 5.73 Å². The van der Waals surface area contributed by atoms with Crippen molar-refractivity contribution in [2.75, 3.05) is 0 Å². The molecule has 0 fully saturated rings. The zero-order chi connectivity index (χ0) is 14.0. The van der Waals surface area contributed by atoms with Crippen LogP contribution >= 0.6 is 0 Å². The van der Waals surface area contributed by atoms with Gasteiger partial charge in [0.2, 0.25) is 5.96 Å². The molecule has 2 aromatic rings. The fourth-order valence-corrected chi connectivity index (χ4v) is 1.25. The molecule has 2 aromatic heterocycles. The van der Waals surface area contributed by atoms with Crippen molar-refractivity contribution >= 4 is 18.4 Å². The highest BCUT2D eigenvalue weighted by Gasteiger charge is 1.88. The van der Waals surface area contributed by atoms with Crippen LogP contribution in [0, 0.1) is 0 Å². The number of hydrazone groups is 1. The predicted molar refractivity (Wildman–Crippen MR) is 78.4 cm³/mol. The van der Waals surface area contributed by atoms with Crippen LogP contribution in [0.1, 0.15) is 11.1 Å². The van der Waals surface area contributed by atoms with Gasteiger partial charge in [-0.1, -0.05) is 0 Å². The molecular weight excluding hydrogens is 254 g/mol. The van der Waals surface area contributed by atoms with E-state index in [1.807, 2.05) is 24.3 Å². The van der Waals surface area contributed by atoms with Crippen LogP contribution in [0.5, 0.6) is 0 Å². The first-order valence-corrected chi connectivity index (χ1v) is 5.80. The van der Waals surface area contributed by atoms with Gasteiger partial charge in [0.05, 0.1) is 12.4 Å². The minimum Gasteiger partial charge on any atom is -0.367 e. The van der Waals surface area contributed by atoms with E-state index in [2.05, 4.69) is 30.7 Å². The molecule has 0 amide bonds. The first kappa shape index (κ1) is 13.3. The Morgan fingerprint density at radius 2 is 1.50 bits per heavy atom. The molecule has 0 bridgehead atoms. The van der Waals surface area contributed by atoms with E-state index in [0.29, 0.717) is 0 Å². The zero-order valence-corrected chi connectivity index (χ0v) is 10.6. The third kappa shape index (κ3) is 4.65. The monoisotopic (exact) mass is 267 g/mol. The number of nitrogens with one attached hydrogen (secondary N) is 1. The Balaban J connectivity index is 1.86. The largest absolute Gasteiger partial charge is 0.367 e. The van der Waals surface area contributed by atoms with Crippen molar-refractivity contribution < 1.29 is 0 Å². The van der Waals surface area contributed by atoms with Crippen molar-refractivity contribution in [3.8, 4) is 0 Å². The number of rotatable bonds is 4. The number of pyridine rings is 2. The van der Waals surface area contributed by atoms with Crippen molar-refractivity contribution in [2.45, 2.75) is 0 Å². The van der Waals surface area contributed by atoms with Gasteiger partial charge in [-0.15, -0.1) is 5.10 Å². The highest BCUT2D eigenvalue weighted by atomic mass is 15.4. The van der Waals surface area contributed by atoms with Gasteiger partial charge in [0.1, 0.15) is 0 Å². The quantitative estimate of drug-likeness (QED) is 0.485. The summed E-state index contributed by atoms with van der Waals surface area (Å²) in [6, 6.07) is 7.26. The van der Waals surface area contributed by atoms with Gasteiger partial charge in [-0.05, 0) is 35.4 Å². The first-order chi connectivity index (χ1) is 9.84. The van der Waals surface area contributed by atoms with Gasteiger partial charge < -0.3 is 5.73 Å². The highest BCUT2D eigenvalue weighted by Crippen LogP contribution is 1.91. The molecule has 7 heteroatoms. The normalized spacial score (nSPS) is 12.1. The summed E-state index contributed by atoms with van der Waals surface area (Å²) in [5.74, 6) is 0.0978. The van der Waals surface area contributed by atoms with Crippen molar-refractivity contribution in [1.29, 1.82) is 0 Å². The average Bonchev–Trinajstić information content (AvgIpc) is 2.49. The molecule has 2 heterocycles. The molecule has 0 saturated carbocycles.